The number of carbonyl (C=O) groups excluding carboxylic acids is 1. The van der Waals surface area contributed by atoms with Crippen LogP contribution in [0.15, 0.2) is 54.6 Å². The molecule has 1 heterocycles. The van der Waals surface area contributed by atoms with Gasteiger partial charge in [-0.1, -0.05) is 36.4 Å². The second kappa shape index (κ2) is 5.95. The molecule has 4 aromatic rings. The molecule has 0 radical (unpaired) electrons. The van der Waals surface area contributed by atoms with Crippen LogP contribution < -0.4 is 5.73 Å². The lowest BCUT2D eigenvalue weighted by Gasteiger charge is -2.10. The van der Waals surface area contributed by atoms with Gasteiger partial charge in [0.1, 0.15) is 11.6 Å². The number of benzene rings is 3. The van der Waals surface area contributed by atoms with Gasteiger partial charge in [0, 0.05) is 21.9 Å². The summed E-state index contributed by atoms with van der Waals surface area (Å²) in [6.45, 7) is 1.84. The number of primary amides is 1. The van der Waals surface area contributed by atoms with Gasteiger partial charge in [0.2, 0.25) is 5.91 Å². The normalized spacial score (nSPS) is 11.3. The summed E-state index contributed by atoms with van der Waals surface area (Å²) < 4.78 is 30.9. The summed E-state index contributed by atoms with van der Waals surface area (Å²) in [7, 11) is 0. The Hall–Kier alpha value is -3.21. The first kappa shape index (κ1) is 16.3. The summed E-state index contributed by atoms with van der Waals surface area (Å²) in [5.74, 6) is -1.33. The number of para-hydroxylation sites is 1. The van der Waals surface area contributed by atoms with Crippen molar-refractivity contribution in [2.24, 2.45) is 5.73 Å². The summed E-state index contributed by atoms with van der Waals surface area (Å²) in [6.07, 6.45) is 0. The molecule has 26 heavy (non-hydrogen) atoms. The average molecular weight is 350 g/mol. The van der Waals surface area contributed by atoms with E-state index in [0.717, 1.165) is 0 Å². The summed E-state index contributed by atoms with van der Waals surface area (Å²) in [5.41, 5.74) is 7.79. The zero-order chi connectivity index (χ0) is 18.4. The number of halogens is 2. The molecular formula is C21H16F2N2O. The molecule has 0 aliphatic heterocycles. The SMILES string of the molecule is Cc1cccc(Cn2c3cccc(C(N)=O)c3c3cccc(F)c32)c1F. The van der Waals surface area contributed by atoms with Gasteiger partial charge in [-0.3, -0.25) is 4.79 Å². The van der Waals surface area contributed by atoms with Crippen molar-refractivity contribution in [1.29, 1.82) is 0 Å². The van der Waals surface area contributed by atoms with E-state index in [9.17, 15) is 13.6 Å². The molecule has 0 saturated heterocycles. The van der Waals surface area contributed by atoms with Crippen molar-refractivity contribution in [2.45, 2.75) is 13.5 Å². The fourth-order valence-electron chi connectivity index (χ4n) is 3.53. The summed E-state index contributed by atoms with van der Waals surface area (Å²) in [6, 6.07) is 14.9. The van der Waals surface area contributed by atoms with E-state index in [4.69, 9.17) is 5.73 Å². The molecule has 0 aliphatic rings. The molecule has 0 saturated carbocycles. The van der Waals surface area contributed by atoms with Crippen LogP contribution in [0.25, 0.3) is 21.8 Å². The van der Waals surface area contributed by atoms with E-state index in [-0.39, 0.29) is 12.4 Å². The number of rotatable bonds is 3. The van der Waals surface area contributed by atoms with Crippen LogP contribution in [0.5, 0.6) is 0 Å². The van der Waals surface area contributed by atoms with Gasteiger partial charge in [0.15, 0.2) is 0 Å². The zero-order valence-corrected chi connectivity index (χ0v) is 14.1. The van der Waals surface area contributed by atoms with Crippen LogP contribution in [0.3, 0.4) is 0 Å². The molecular weight excluding hydrogens is 334 g/mol. The van der Waals surface area contributed by atoms with Gasteiger partial charge in [-0.15, -0.1) is 0 Å². The molecule has 4 rings (SSSR count). The quantitative estimate of drug-likeness (QED) is 0.580. The van der Waals surface area contributed by atoms with Crippen LogP contribution in [0.4, 0.5) is 8.78 Å². The highest BCUT2D eigenvalue weighted by molar-refractivity contribution is 6.17. The van der Waals surface area contributed by atoms with Crippen molar-refractivity contribution < 1.29 is 13.6 Å². The number of carbonyl (C=O) groups is 1. The van der Waals surface area contributed by atoms with E-state index in [0.29, 0.717) is 38.5 Å². The molecule has 0 atom stereocenters. The highest BCUT2D eigenvalue weighted by Crippen LogP contribution is 2.34. The number of nitrogens with zero attached hydrogens (tertiary/aromatic N) is 1. The Bertz CT molecular complexity index is 1180. The van der Waals surface area contributed by atoms with Gasteiger partial charge in [0.25, 0.3) is 0 Å². The van der Waals surface area contributed by atoms with Gasteiger partial charge >= 0.3 is 0 Å². The molecule has 0 spiro atoms. The number of aryl methyl sites for hydroxylation is 1. The third-order valence-corrected chi connectivity index (χ3v) is 4.72. The van der Waals surface area contributed by atoms with Crippen molar-refractivity contribution in [3.8, 4) is 0 Å². The van der Waals surface area contributed by atoms with Gasteiger partial charge in [0.05, 0.1) is 17.6 Å². The monoisotopic (exact) mass is 350 g/mol. The van der Waals surface area contributed by atoms with Crippen LogP contribution in [0.1, 0.15) is 21.5 Å². The molecule has 130 valence electrons. The van der Waals surface area contributed by atoms with Gasteiger partial charge in [-0.05, 0) is 30.7 Å². The Labute approximate surface area is 148 Å². The van der Waals surface area contributed by atoms with Crippen LogP contribution in [0, 0.1) is 18.6 Å². The second-order valence-corrected chi connectivity index (χ2v) is 6.33. The lowest BCUT2D eigenvalue weighted by atomic mass is 10.1. The first-order valence-corrected chi connectivity index (χ1v) is 8.22. The number of nitrogens with two attached hydrogens (primary N) is 1. The van der Waals surface area contributed by atoms with Crippen LogP contribution in [-0.2, 0) is 6.54 Å². The summed E-state index contributed by atoms with van der Waals surface area (Å²) in [4.78, 5) is 11.9. The third-order valence-electron chi connectivity index (χ3n) is 4.72. The highest BCUT2D eigenvalue weighted by atomic mass is 19.1. The molecule has 0 unspecified atom stereocenters. The highest BCUT2D eigenvalue weighted by Gasteiger charge is 2.19. The average Bonchev–Trinajstić information content (AvgIpc) is 2.94. The van der Waals surface area contributed by atoms with Gasteiger partial charge in [-0.2, -0.15) is 0 Å². The number of hydrogen-bond acceptors (Lipinski definition) is 1. The maximum Gasteiger partial charge on any atom is 0.249 e. The molecule has 5 heteroatoms. The lowest BCUT2D eigenvalue weighted by molar-refractivity contribution is 0.100. The predicted molar refractivity (Wildman–Crippen MR) is 98.2 cm³/mol. The lowest BCUT2D eigenvalue weighted by Crippen LogP contribution is -2.11. The fraction of sp³-hybridized carbons (Fsp3) is 0.0952. The molecule has 1 aromatic heterocycles. The van der Waals surface area contributed by atoms with E-state index in [1.807, 2.05) is 0 Å². The van der Waals surface area contributed by atoms with Crippen LogP contribution in [-0.4, -0.2) is 10.5 Å². The van der Waals surface area contributed by atoms with E-state index in [1.165, 1.54) is 6.07 Å². The van der Waals surface area contributed by atoms with Crippen LogP contribution >= 0.6 is 0 Å². The smallest absolute Gasteiger partial charge is 0.249 e. The van der Waals surface area contributed by atoms with Gasteiger partial charge < -0.3 is 10.3 Å². The Morgan fingerprint density at radius 1 is 1.04 bits per heavy atom. The molecule has 3 aromatic carbocycles. The number of hydrogen-bond donors (Lipinski definition) is 1. The maximum atomic E-state index is 14.7. The van der Waals surface area contributed by atoms with Crippen molar-refractivity contribution in [2.75, 3.05) is 0 Å². The maximum absolute atomic E-state index is 14.7. The van der Waals surface area contributed by atoms with Gasteiger partial charge in [-0.25, -0.2) is 8.78 Å². The number of fused-ring (bicyclic) bond motifs is 3. The van der Waals surface area contributed by atoms with Crippen molar-refractivity contribution in [3.63, 3.8) is 0 Å². The minimum atomic E-state index is -0.583. The standard InChI is InChI=1S/C21H16F2N2O/c1-12-5-2-6-13(19(12)23)11-25-17-10-4-8-15(21(24)26)18(17)14-7-3-9-16(22)20(14)25/h2-10H,11H2,1H3,(H2,24,26). The minimum absolute atomic E-state index is 0.149. The Morgan fingerprint density at radius 3 is 2.54 bits per heavy atom. The van der Waals surface area contributed by atoms with Crippen molar-refractivity contribution >= 4 is 27.7 Å². The molecule has 0 fully saturated rings. The van der Waals surface area contributed by atoms with Crippen molar-refractivity contribution in [3.05, 3.63) is 82.9 Å². The molecule has 1 amide bonds. The topological polar surface area (TPSA) is 48.0 Å². The molecule has 3 nitrogen and oxygen atoms in total. The second-order valence-electron chi connectivity index (χ2n) is 6.33. The zero-order valence-electron chi connectivity index (χ0n) is 14.1. The van der Waals surface area contributed by atoms with E-state index < -0.39 is 11.7 Å². The fourth-order valence-corrected chi connectivity index (χ4v) is 3.53. The van der Waals surface area contributed by atoms with Crippen molar-refractivity contribution in [1.82, 2.24) is 4.57 Å². The first-order valence-electron chi connectivity index (χ1n) is 8.22. The molecule has 2 N–H and O–H groups in total. The van der Waals surface area contributed by atoms with Crippen LogP contribution in [0.2, 0.25) is 0 Å². The summed E-state index contributed by atoms with van der Waals surface area (Å²) >= 11 is 0. The predicted octanol–water partition coefficient (Wildman–Crippen LogP) is 4.53. The molecule has 0 bridgehead atoms. The minimum Gasteiger partial charge on any atom is -0.366 e. The first-order chi connectivity index (χ1) is 12.5. The largest absolute Gasteiger partial charge is 0.366 e. The Kier molecular flexibility index (Phi) is 3.72. The van der Waals surface area contributed by atoms with E-state index >= 15 is 0 Å². The van der Waals surface area contributed by atoms with E-state index in [1.54, 1.807) is 60.0 Å². The Morgan fingerprint density at radius 2 is 1.77 bits per heavy atom. The molecule has 0 aliphatic carbocycles. The Balaban J connectivity index is 2.09. The number of amides is 1. The summed E-state index contributed by atoms with van der Waals surface area (Å²) in [5, 5.41) is 1.17. The van der Waals surface area contributed by atoms with E-state index in [2.05, 4.69) is 0 Å². The third kappa shape index (κ3) is 2.36. The number of aromatic nitrogens is 1.